The summed E-state index contributed by atoms with van der Waals surface area (Å²) in [5.74, 6) is 0. The van der Waals surface area contributed by atoms with Crippen molar-refractivity contribution < 1.29 is 0 Å². The maximum Gasteiger partial charge on any atom is 0.0325 e. The average Bonchev–Trinajstić information content (AvgIpc) is 2.22. The Morgan fingerprint density at radius 3 is 2.33 bits per heavy atom. The second-order valence-corrected chi connectivity index (χ2v) is 4.58. The number of allylic oxidation sites excluding steroid dienone is 1. The molecule has 0 rings (SSSR count). The summed E-state index contributed by atoms with van der Waals surface area (Å²) in [7, 11) is 4.34. The maximum atomic E-state index is 3.80. The Hall–Kier alpha value is -0.340. The molecule has 1 N–H and O–H groups in total. The van der Waals surface area contributed by atoms with E-state index in [1.807, 2.05) is 6.08 Å². The Labute approximate surface area is 95.7 Å². The molecule has 0 aromatic heterocycles. The van der Waals surface area contributed by atoms with Gasteiger partial charge in [0.2, 0.25) is 0 Å². The van der Waals surface area contributed by atoms with Gasteiger partial charge in [-0.25, -0.2) is 0 Å². The van der Waals surface area contributed by atoms with Crippen LogP contribution in [0.1, 0.15) is 40.0 Å². The highest BCUT2D eigenvalue weighted by Gasteiger charge is 2.33. The second-order valence-electron chi connectivity index (χ2n) is 4.58. The minimum absolute atomic E-state index is 0.235. The molecule has 0 aliphatic carbocycles. The number of nitrogens with one attached hydrogen (secondary N) is 1. The molecule has 2 nitrogen and oxygen atoms in total. The van der Waals surface area contributed by atoms with Gasteiger partial charge < -0.3 is 10.2 Å². The van der Waals surface area contributed by atoms with Gasteiger partial charge in [0.05, 0.1) is 0 Å². The minimum atomic E-state index is 0.235. The quantitative estimate of drug-likeness (QED) is 0.622. The lowest BCUT2D eigenvalue weighted by atomic mass is 9.85. The molecule has 2 heteroatoms. The molecule has 0 saturated carbocycles. The van der Waals surface area contributed by atoms with Crippen molar-refractivity contribution in [2.75, 3.05) is 20.6 Å². The number of hydrogen-bond donors (Lipinski definition) is 1. The van der Waals surface area contributed by atoms with Crippen molar-refractivity contribution in [2.24, 2.45) is 0 Å². The lowest BCUT2D eigenvalue weighted by molar-refractivity contribution is 0.109. The molecule has 0 aromatic rings. The number of likely N-dealkylation sites (N-methyl/N-ethyl adjacent to an activating group) is 2. The van der Waals surface area contributed by atoms with Crippen LogP contribution in [-0.4, -0.2) is 37.1 Å². The van der Waals surface area contributed by atoms with E-state index in [0.29, 0.717) is 6.04 Å². The van der Waals surface area contributed by atoms with Crippen LogP contribution in [0.5, 0.6) is 0 Å². The zero-order chi connectivity index (χ0) is 11.9. The summed E-state index contributed by atoms with van der Waals surface area (Å²) in [5, 5.41) is 3.60. The lowest BCUT2D eigenvalue weighted by Gasteiger charge is -2.43. The Balaban J connectivity index is 4.59. The van der Waals surface area contributed by atoms with E-state index < -0.39 is 0 Å². The third-order valence-electron chi connectivity index (χ3n) is 3.60. The minimum Gasteiger partial charge on any atom is -0.312 e. The number of hydrogen-bond acceptors (Lipinski definition) is 2. The molecule has 2 atom stereocenters. The van der Waals surface area contributed by atoms with E-state index in [0.717, 1.165) is 19.4 Å². The third kappa shape index (κ3) is 3.96. The van der Waals surface area contributed by atoms with E-state index in [4.69, 9.17) is 0 Å². The van der Waals surface area contributed by atoms with Crippen LogP contribution in [0.25, 0.3) is 0 Å². The van der Waals surface area contributed by atoms with Crippen molar-refractivity contribution in [3.8, 4) is 0 Å². The Bertz CT molecular complexity index is 177. The van der Waals surface area contributed by atoms with Crippen LogP contribution in [-0.2, 0) is 0 Å². The zero-order valence-electron chi connectivity index (χ0n) is 11.1. The van der Waals surface area contributed by atoms with Crippen molar-refractivity contribution >= 4 is 0 Å². The van der Waals surface area contributed by atoms with E-state index in [-0.39, 0.29) is 5.54 Å². The van der Waals surface area contributed by atoms with Gasteiger partial charge in [0.15, 0.2) is 0 Å². The normalized spacial score (nSPS) is 17.5. The fourth-order valence-corrected chi connectivity index (χ4v) is 2.04. The van der Waals surface area contributed by atoms with Crippen molar-refractivity contribution in [3.63, 3.8) is 0 Å². The van der Waals surface area contributed by atoms with Gasteiger partial charge in [0, 0.05) is 11.6 Å². The fraction of sp³-hybridized carbons (Fsp3) is 0.846. The second kappa shape index (κ2) is 7.02. The van der Waals surface area contributed by atoms with E-state index in [2.05, 4.69) is 51.7 Å². The molecule has 0 aliphatic heterocycles. The van der Waals surface area contributed by atoms with Gasteiger partial charge >= 0.3 is 0 Å². The highest BCUT2D eigenvalue weighted by Crippen LogP contribution is 2.24. The summed E-state index contributed by atoms with van der Waals surface area (Å²) in [4.78, 5) is 2.34. The molecule has 2 unspecified atom stereocenters. The summed E-state index contributed by atoms with van der Waals surface area (Å²) in [5.41, 5.74) is 0.235. The van der Waals surface area contributed by atoms with E-state index in [1.165, 1.54) is 6.42 Å². The number of rotatable bonds is 8. The third-order valence-corrected chi connectivity index (χ3v) is 3.60. The van der Waals surface area contributed by atoms with Crippen LogP contribution in [0.15, 0.2) is 12.7 Å². The van der Waals surface area contributed by atoms with E-state index >= 15 is 0 Å². The largest absolute Gasteiger partial charge is 0.312 e. The molecular formula is C13H28N2. The molecule has 0 heterocycles. The molecule has 0 amide bonds. The van der Waals surface area contributed by atoms with Crippen LogP contribution in [0.4, 0.5) is 0 Å². The van der Waals surface area contributed by atoms with Gasteiger partial charge in [0.1, 0.15) is 0 Å². The highest BCUT2D eigenvalue weighted by molar-refractivity contribution is 4.94. The molecule has 90 valence electrons. The first-order valence-corrected chi connectivity index (χ1v) is 6.04. The first kappa shape index (κ1) is 14.7. The van der Waals surface area contributed by atoms with Gasteiger partial charge in [-0.05, 0) is 46.8 Å². The Kier molecular flexibility index (Phi) is 6.86. The molecule has 0 saturated heterocycles. The topological polar surface area (TPSA) is 15.3 Å². The highest BCUT2D eigenvalue weighted by atomic mass is 15.2. The molecule has 0 fully saturated rings. The summed E-state index contributed by atoms with van der Waals surface area (Å²) >= 11 is 0. The zero-order valence-corrected chi connectivity index (χ0v) is 11.1. The SMILES string of the molecule is C=CCCC(NCC)C(C)(CC)N(C)C. The van der Waals surface area contributed by atoms with Crippen molar-refractivity contribution in [1.82, 2.24) is 10.2 Å². The molecule has 15 heavy (non-hydrogen) atoms. The summed E-state index contributed by atoms with van der Waals surface area (Å²) in [6, 6.07) is 0.542. The predicted octanol–water partition coefficient (Wildman–Crippen LogP) is 2.66. The monoisotopic (exact) mass is 212 g/mol. The predicted molar refractivity (Wildman–Crippen MR) is 69.3 cm³/mol. The molecule has 0 radical (unpaired) electrons. The summed E-state index contributed by atoms with van der Waals surface area (Å²) < 4.78 is 0. The average molecular weight is 212 g/mol. The maximum absolute atomic E-state index is 3.80. The smallest absolute Gasteiger partial charge is 0.0325 e. The van der Waals surface area contributed by atoms with Gasteiger partial charge in [-0.15, -0.1) is 6.58 Å². The van der Waals surface area contributed by atoms with Crippen molar-refractivity contribution in [2.45, 2.75) is 51.6 Å². The van der Waals surface area contributed by atoms with E-state index in [1.54, 1.807) is 0 Å². The number of nitrogens with zero attached hydrogens (tertiary/aromatic N) is 1. The molecule has 0 spiro atoms. The van der Waals surface area contributed by atoms with Gasteiger partial charge in [-0.1, -0.05) is 19.9 Å². The molecule has 0 bridgehead atoms. The van der Waals surface area contributed by atoms with Crippen LogP contribution in [0.3, 0.4) is 0 Å². The molecule has 0 aromatic carbocycles. The van der Waals surface area contributed by atoms with Crippen molar-refractivity contribution in [3.05, 3.63) is 12.7 Å². The Morgan fingerprint density at radius 2 is 2.00 bits per heavy atom. The van der Waals surface area contributed by atoms with Gasteiger partial charge in [0.25, 0.3) is 0 Å². The standard InChI is InChI=1S/C13H28N2/c1-7-10-11-12(14-9-3)13(4,8-2)15(5)6/h7,12,14H,1,8-11H2,2-6H3. The van der Waals surface area contributed by atoms with Crippen molar-refractivity contribution in [1.29, 1.82) is 0 Å². The molecular weight excluding hydrogens is 184 g/mol. The first-order chi connectivity index (χ1) is 7.02. The van der Waals surface area contributed by atoms with Crippen LogP contribution >= 0.6 is 0 Å². The van der Waals surface area contributed by atoms with E-state index in [9.17, 15) is 0 Å². The van der Waals surface area contributed by atoms with Crippen LogP contribution in [0.2, 0.25) is 0 Å². The summed E-state index contributed by atoms with van der Waals surface area (Å²) in [6.07, 6.45) is 5.42. The lowest BCUT2D eigenvalue weighted by Crippen LogP contribution is -2.56. The fourth-order valence-electron chi connectivity index (χ4n) is 2.04. The first-order valence-electron chi connectivity index (χ1n) is 6.04. The summed E-state index contributed by atoms with van der Waals surface area (Å²) in [6.45, 7) is 11.6. The van der Waals surface area contributed by atoms with Gasteiger partial charge in [-0.2, -0.15) is 0 Å². The Morgan fingerprint density at radius 1 is 1.40 bits per heavy atom. The van der Waals surface area contributed by atoms with Crippen LogP contribution in [0, 0.1) is 0 Å². The molecule has 0 aliphatic rings. The van der Waals surface area contributed by atoms with Gasteiger partial charge in [-0.3, -0.25) is 0 Å². The van der Waals surface area contributed by atoms with Crippen LogP contribution < -0.4 is 5.32 Å².